The zero-order valence-corrected chi connectivity index (χ0v) is 17.7. The predicted octanol–water partition coefficient (Wildman–Crippen LogP) is 1.37. The van der Waals surface area contributed by atoms with E-state index < -0.39 is 23.0 Å². The second-order valence-electron chi connectivity index (χ2n) is 9.60. The van der Waals surface area contributed by atoms with Gasteiger partial charge in [0.1, 0.15) is 11.7 Å². The molecule has 2 fully saturated rings. The van der Waals surface area contributed by atoms with Gasteiger partial charge in [-0.05, 0) is 41.5 Å². The molecule has 2 rings (SSSR count). The first-order valence-corrected chi connectivity index (χ1v) is 9.76. The molecule has 0 bridgehead atoms. The van der Waals surface area contributed by atoms with Crippen LogP contribution in [0.3, 0.4) is 0 Å². The van der Waals surface area contributed by atoms with E-state index in [0.29, 0.717) is 26.2 Å². The van der Waals surface area contributed by atoms with Gasteiger partial charge in [0.05, 0.1) is 24.3 Å². The lowest BCUT2D eigenvalue weighted by Crippen LogP contribution is -2.38. The number of esters is 2. The molecule has 2 saturated heterocycles. The molecule has 2 amide bonds. The van der Waals surface area contributed by atoms with Gasteiger partial charge in [0.25, 0.3) is 0 Å². The Morgan fingerprint density at radius 3 is 2.00 bits per heavy atom. The van der Waals surface area contributed by atoms with Crippen LogP contribution in [-0.2, 0) is 28.7 Å². The Bertz CT molecular complexity index is 646. The van der Waals surface area contributed by atoms with Crippen LogP contribution < -0.4 is 0 Å². The number of amides is 2. The molecule has 2 aliphatic rings. The Labute approximate surface area is 166 Å². The van der Waals surface area contributed by atoms with Crippen molar-refractivity contribution in [2.45, 2.75) is 66.1 Å². The lowest BCUT2D eigenvalue weighted by Gasteiger charge is -2.24. The molecule has 2 heterocycles. The van der Waals surface area contributed by atoms with Gasteiger partial charge in [-0.2, -0.15) is 0 Å². The number of hydrogen-bond acceptors (Lipinski definition) is 6. The van der Waals surface area contributed by atoms with Crippen molar-refractivity contribution in [1.29, 1.82) is 0 Å². The highest BCUT2D eigenvalue weighted by Crippen LogP contribution is 2.23. The lowest BCUT2D eigenvalue weighted by molar-refractivity contribution is -0.160. The SMILES string of the molecule is CC(C)(C)OC(=O)C1CC(=O)N(CCN2CC(OC(=O)C(C)(C)C)CC2=O)C1. The maximum Gasteiger partial charge on any atom is 0.311 e. The van der Waals surface area contributed by atoms with Crippen LogP contribution in [0.5, 0.6) is 0 Å². The first-order chi connectivity index (χ1) is 12.8. The maximum atomic E-state index is 12.2. The monoisotopic (exact) mass is 396 g/mol. The molecular weight excluding hydrogens is 364 g/mol. The van der Waals surface area contributed by atoms with Gasteiger partial charge >= 0.3 is 11.9 Å². The van der Waals surface area contributed by atoms with Gasteiger partial charge in [-0.3, -0.25) is 19.2 Å². The highest BCUT2D eigenvalue weighted by atomic mass is 16.6. The third-order valence-corrected chi connectivity index (χ3v) is 4.66. The summed E-state index contributed by atoms with van der Waals surface area (Å²) in [5, 5.41) is 0. The summed E-state index contributed by atoms with van der Waals surface area (Å²) in [4.78, 5) is 51.8. The van der Waals surface area contributed by atoms with Gasteiger partial charge in [0, 0.05) is 26.1 Å². The van der Waals surface area contributed by atoms with Gasteiger partial charge in [-0.1, -0.05) is 0 Å². The Hall–Kier alpha value is -2.12. The van der Waals surface area contributed by atoms with Gasteiger partial charge in [-0.15, -0.1) is 0 Å². The van der Waals surface area contributed by atoms with Crippen LogP contribution in [0.4, 0.5) is 0 Å². The quantitative estimate of drug-likeness (QED) is 0.652. The molecule has 0 aromatic rings. The van der Waals surface area contributed by atoms with E-state index in [1.807, 2.05) is 0 Å². The van der Waals surface area contributed by atoms with E-state index >= 15 is 0 Å². The first-order valence-electron chi connectivity index (χ1n) is 9.76. The van der Waals surface area contributed by atoms with Crippen molar-refractivity contribution in [2.75, 3.05) is 26.2 Å². The minimum absolute atomic E-state index is 0.0953. The van der Waals surface area contributed by atoms with Gasteiger partial charge < -0.3 is 19.3 Å². The Kier molecular flexibility index (Phi) is 6.41. The number of rotatable bonds is 5. The first kappa shape index (κ1) is 22.2. The highest BCUT2D eigenvalue weighted by molar-refractivity contribution is 5.87. The minimum atomic E-state index is -0.616. The van der Waals surface area contributed by atoms with Crippen LogP contribution in [0.2, 0.25) is 0 Å². The molecule has 0 aromatic heterocycles. The molecule has 2 atom stereocenters. The summed E-state index contributed by atoms with van der Waals surface area (Å²) < 4.78 is 10.8. The number of hydrogen-bond donors (Lipinski definition) is 0. The molecule has 0 spiro atoms. The second-order valence-corrected chi connectivity index (χ2v) is 9.60. The van der Waals surface area contributed by atoms with E-state index in [4.69, 9.17) is 9.47 Å². The van der Waals surface area contributed by atoms with Crippen molar-refractivity contribution < 1.29 is 28.7 Å². The molecule has 0 radical (unpaired) electrons. The van der Waals surface area contributed by atoms with Crippen LogP contribution in [-0.4, -0.2) is 71.4 Å². The number of carbonyl (C=O) groups excluding carboxylic acids is 4. The normalized spacial score (nSPS) is 23.4. The molecule has 2 unspecified atom stereocenters. The summed E-state index contributed by atoms with van der Waals surface area (Å²) >= 11 is 0. The molecule has 2 aliphatic heterocycles. The number of carbonyl (C=O) groups is 4. The molecule has 8 heteroatoms. The Morgan fingerprint density at radius 2 is 1.46 bits per heavy atom. The van der Waals surface area contributed by atoms with Gasteiger partial charge in [-0.25, -0.2) is 0 Å². The van der Waals surface area contributed by atoms with E-state index in [-0.39, 0.29) is 36.6 Å². The van der Waals surface area contributed by atoms with E-state index in [0.717, 1.165) is 0 Å². The number of nitrogens with zero attached hydrogens (tertiary/aromatic N) is 2. The fourth-order valence-corrected chi connectivity index (χ4v) is 3.13. The van der Waals surface area contributed by atoms with Gasteiger partial charge in [0.15, 0.2) is 0 Å². The van der Waals surface area contributed by atoms with Crippen molar-refractivity contribution in [2.24, 2.45) is 11.3 Å². The summed E-state index contributed by atoms with van der Waals surface area (Å²) in [5.41, 5.74) is -1.20. The zero-order valence-electron chi connectivity index (χ0n) is 17.7. The third-order valence-electron chi connectivity index (χ3n) is 4.66. The molecular formula is C20H32N2O6. The molecule has 0 aromatic carbocycles. The zero-order chi connectivity index (χ0) is 21.3. The third kappa shape index (κ3) is 5.94. The van der Waals surface area contributed by atoms with Crippen molar-refractivity contribution in [3.05, 3.63) is 0 Å². The van der Waals surface area contributed by atoms with E-state index in [1.165, 1.54) is 0 Å². The second kappa shape index (κ2) is 8.09. The average Bonchev–Trinajstić information content (AvgIpc) is 3.05. The van der Waals surface area contributed by atoms with Crippen LogP contribution in [0, 0.1) is 11.3 Å². The van der Waals surface area contributed by atoms with Crippen molar-refractivity contribution >= 4 is 23.8 Å². The van der Waals surface area contributed by atoms with Crippen LogP contribution >= 0.6 is 0 Å². The molecule has 28 heavy (non-hydrogen) atoms. The molecule has 0 aliphatic carbocycles. The maximum absolute atomic E-state index is 12.2. The Morgan fingerprint density at radius 1 is 0.929 bits per heavy atom. The summed E-state index contributed by atoms with van der Waals surface area (Å²) in [6.45, 7) is 12.0. The standard InChI is InChI=1S/C20H32N2O6/c1-19(2,3)18(26)27-14-10-16(24)22(12-14)8-7-21-11-13(9-15(21)23)17(25)28-20(4,5)6/h13-14H,7-12H2,1-6H3. The predicted molar refractivity (Wildman–Crippen MR) is 101 cm³/mol. The lowest BCUT2D eigenvalue weighted by atomic mass is 9.97. The molecule has 158 valence electrons. The highest BCUT2D eigenvalue weighted by Gasteiger charge is 2.38. The van der Waals surface area contributed by atoms with E-state index in [1.54, 1.807) is 51.3 Å². The largest absolute Gasteiger partial charge is 0.460 e. The van der Waals surface area contributed by atoms with Crippen molar-refractivity contribution in [3.63, 3.8) is 0 Å². The Balaban J connectivity index is 1.82. The van der Waals surface area contributed by atoms with Crippen LogP contribution in [0.1, 0.15) is 54.4 Å². The fraction of sp³-hybridized carbons (Fsp3) is 0.800. The topological polar surface area (TPSA) is 93.2 Å². The number of ether oxygens (including phenoxy) is 2. The minimum Gasteiger partial charge on any atom is -0.460 e. The molecule has 0 saturated carbocycles. The summed E-state index contributed by atoms with van der Waals surface area (Å²) in [5.74, 6) is -1.38. The van der Waals surface area contributed by atoms with Crippen molar-refractivity contribution in [3.8, 4) is 0 Å². The molecule has 0 N–H and O–H groups in total. The summed E-state index contributed by atoms with van der Waals surface area (Å²) in [6.07, 6.45) is -0.159. The van der Waals surface area contributed by atoms with E-state index in [2.05, 4.69) is 0 Å². The molecule has 8 nitrogen and oxygen atoms in total. The van der Waals surface area contributed by atoms with Crippen LogP contribution in [0.25, 0.3) is 0 Å². The van der Waals surface area contributed by atoms with Crippen LogP contribution in [0.15, 0.2) is 0 Å². The van der Waals surface area contributed by atoms with E-state index in [9.17, 15) is 19.2 Å². The number of likely N-dealkylation sites (tertiary alicyclic amines) is 2. The van der Waals surface area contributed by atoms with Crippen molar-refractivity contribution in [1.82, 2.24) is 9.80 Å². The summed E-state index contributed by atoms with van der Waals surface area (Å²) in [6, 6.07) is 0. The fourth-order valence-electron chi connectivity index (χ4n) is 3.13. The smallest absolute Gasteiger partial charge is 0.311 e. The summed E-state index contributed by atoms with van der Waals surface area (Å²) in [7, 11) is 0. The average molecular weight is 396 g/mol. The van der Waals surface area contributed by atoms with Gasteiger partial charge in [0.2, 0.25) is 11.8 Å².